The fraction of sp³-hybridized carbons (Fsp3) is 0.400. The number of anilines is 1. The van der Waals surface area contributed by atoms with Crippen molar-refractivity contribution in [2.75, 3.05) is 24.3 Å². The third-order valence-electron chi connectivity index (χ3n) is 2.12. The van der Waals surface area contributed by atoms with Crippen LogP contribution in [0.4, 0.5) is 5.69 Å². The van der Waals surface area contributed by atoms with Crippen molar-refractivity contribution in [2.45, 2.75) is 11.3 Å². The lowest BCUT2D eigenvalue weighted by Gasteiger charge is -2.11. The van der Waals surface area contributed by atoms with Crippen LogP contribution >= 0.6 is 35.0 Å². The minimum absolute atomic E-state index is 0.0253. The molecule has 0 atom stereocenters. The zero-order valence-electron chi connectivity index (χ0n) is 9.74. The molecular weight excluding hydrogens is 315 g/mol. The molecule has 8 heteroatoms. The first-order chi connectivity index (χ1) is 8.38. The lowest BCUT2D eigenvalue weighted by Crippen LogP contribution is -2.26. The van der Waals surface area contributed by atoms with Crippen molar-refractivity contribution in [3.05, 3.63) is 22.2 Å². The van der Waals surface area contributed by atoms with E-state index < -0.39 is 10.0 Å². The second-order valence-corrected chi connectivity index (χ2v) is 7.08. The van der Waals surface area contributed by atoms with Gasteiger partial charge in [0.25, 0.3) is 0 Å². The van der Waals surface area contributed by atoms with Crippen molar-refractivity contribution in [1.82, 2.24) is 4.72 Å². The SMILES string of the molecule is CSCCCNS(=O)(=O)c1c(N)cc(Cl)cc1Cl. The van der Waals surface area contributed by atoms with E-state index in [4.69, 9.17) is 28.9 Å². The lowest BCUT2D eigenvalue weighted by atomic mass is 10.3. The van der Waals surface area contributed by atoms with Gasteiger partial charge in [-0.1, -0.05) is 23.2 Å². The van der Waals surface area contributed by atoms with Crippen LogP contribution in [-0.2, 0) is 10.0 Å². The van der Waals surface area contributed by atoms with E-state index in [1.807, 2.05) is 6.26 Å². The number of nitrogens with one attached hydrogen (secondary N) is 1. The highest BCUT2D eigenvalue weighted by Gasteiger charge is 2.21. The van der Waals surface area contributed by atoms with Crippen LogP contribution in [0.5, 0.6) is 0 Å². The zero-order chi connectivity index (χ0) is 13.8. The highest BCUT2D eigenvalue weighted by atomic mass is 35.5. The molecule has 0 amide bonds. The van der Waals surface area contributed by atoms with Gasteiger partial charge in [-0.25, -0.2) is 13.1 Å². The molecular formula is C10H14Cl2N2O2S2. The summed E-state index contributed by atoms with van der Waals surface area (Å²) in [7, 11) is -3.69. The fourth-order valence-corrected chi connectivity index (χ4v) is 3.85. The number of nitrogens with two attached hydrogens (primary N) is 1. The van der Waals surface area contributed by atoms with E-state index in [0.717, 1.165) is 12.2 Å². The summed E-state index contributed by atoms with van der Waals surface area (Å²) in [5, 5.41) is 0.330. The standard InChI is InChI=1S/C10H14Cl2N2O2S2/c1-17-4-2-3-14-18(15,16)10-8(12)5-7(11)6-9(10)13/h5-6,14H,2-4,13H2,1H3. The molecule has 0 saturated heterocycles. The Morgan fingerprint density at radius 1 is 1.39 bits per heavy atom. The van der Waals surface area contributed by atoms with Crippen LogP contribution in [0.1, 0.15) is 6.42 Å². The third-order valence-corrected chi connectivity index (χ3v) is 5.03. The van der Waals surface area contributed by atoms with Gasteiger partial charge in [0.2, 0.25) is 10.0 Å². The second-order valence-electron chi connectivity index (χ2n) is 3.55. The molecule has 0 radical (unpaired) electrons. The third kappa shape index (κ3) is 4.20. The lowest BCUT2D eigenvalue weighted by molar-refractivity contribution is 0.581. The second kappa shape index (κ2) is 6.86. The molecule has 18 heavy (non-hydrogen) atoms. The molecule has 0 fully saturated rings. The Morgan fingerprint density at radius 3 is 2.61 bits per heavy atom. The minimum atomic E-state index is -3.69. The van der Waals surface area contributed by atoms with Crippen LogP contribution in [0, 0.1) is 0 Å². The molecule has 1 rings (SSSR count). The molecule has 0 spiro atoms. The molecule has 1 aromatic carbocycles. The molecule has 0 unspecified atom stereocenters. The van der Waals surface area contributed by atoms with Gasteiger partial charge < -0.3 is 5.73 Å². The van der Waals surface area contributed by atoms with E-state index >= 15 is 0 Å². The molecule has 0 aliphatic carbocycles. The maximum Gasteiger partial charge on any atom is 0.244 e. The zero-order valence-corrected chi connectivity index (χ0v) is 12.9. The number of hydrogen-bond acceptors (Lipinski definition) is 4. The highest BCUT2D eigenvalue weighted by molar-refractivity contribution is 7.98. The van der Waals surface area contributed by atoms with Gasteiger partial charge >= 0.3 is 0 Å². The molecule has 0 aliphatic heterocycles. The topological polar surface area (TPSA) is 72.2 Å². The van der Waals surface area contributed by atoms with Crippen LogP contribution in [0.3, 0.4) is 0 Å². The van der Waals surface area contributed by atoms with E-state index in [2.05, 4.69) is 4.72 Å². The predicted molar refractivity (Wildman–Crippen MR) is 79.1 cm³/mol. The number of rotatable bonds is 6. The summed E-state index contributed by atoms with van der Waals surface area (Å²) in [6, 6.07) is 2.72. The van der Waals surface area contributed by atoms with Crippen LogP contribution in [-0.4, -0.2) is 27.0 Å². The Balaban J connectivity index is 2.92. The first kappa shape index (κ1) is 15.9. The summed E-state index contributed by atoms with van der Waals surface area (Å²) in [4.78, 5) is -0.113. The summed E-state index contributed by atoms with van der Waals surface area (Å²) in [5.41, 5.74) is 5.69. The average Bonchev–Trinajstić information content (AvgIpc) is 2.22. The van der Waals surface area contributed by atoms with Gasteiger partial charge in [0.1, 0.15) is 4.90 Å². The van der Waals surface area contributed by atoms with Gasteiger partial charge in [0, 0.05) is 11.6 Å². The average molecular weight is 329 g/mol. The van der Waals surface area contributed by atoms with Crippen LogP contribution in [0.15, 0.2) is 17.0 Å². The quantitative estimate of drug-likeness (QED) is 0.622. The maximum atomic E-state index is 12.0. The first-order valence-electron chi connectivity index (χ1n) is 5.11. The minimum Gasteiger partial charge on any atom is -0.398 e. The van der Waals surface area contributed by atoms with Crippen molar-refractivity contribution >= 4 is 50.7 Å². The molecule has 0 saturated carbocycles. The predicted octanol–water partition coefficient (Wildman–Crippen LogP) is 2.61. The van der Waals surface area contributed by atoms with Crippen molar-refractivity contribution in [3.63, 3.8) is 0 Å². The number of halogens is 2. The Kier molecular flexibility index (Phi) is 6.07. The van der Waals surface area contributed by atoms with Crippen molar-refractivity contribution < 1.29 is 8.42 Å². The molecule has 0 aliphatic rings. The Morgan fingerprint density at radius 2 is 2.06 bits per heavy atom. The smallest absolute Gasteiger partial charge is 0.244 e. The first-order valence-corrected chi connectivity index (χ1v) is 8.75. The summed E-state index contributed by atoms with van der Waals surface area (Å²) >= 11 is 13.3. The molecule has 1 aromatic rings. The van der Waals surface area contributed by atoms with E-state index in [-0.39, 0.29) is 15.6 Å². The van der Waals surface area contributed by atoms with Crippen LogP contribution < -0.4 is 10.5 Å². The number of sulfonamides is 1. The molecule has 102 valence electrons. The van der Waals surface area contributed by atoms with Gasteiger partial charge in [-0.3, -0.25) is 0 Å². The largest absolute Gasteiger partial charge is 0.398 e. The Hall–Kier alpha value is -0.140. The van der Waals surface area contributed by atoms with Gasteiger partial charge in [-0.15, -0.1) is 0 Å². The highest BCUT2D eigenvalue weighted by Crippen LogP contribution is 2.30. The summed E-state index contributed by atoms with van der Waals surface area (Å²) in [6.07, 6.45) is 2.70. The molecule has 4 nitrogen and oxygen atoms in total. The van der Waals surface area contributed by atoms with E-state index in [9.17, 15) is 8.42 Å². The number of hydrogen-bond donors (Lipinski definition) is 2. The van der Waals surface area contributed by atoms with Crippen LogP contribution in [0.25, 0.3) is 0 Å². The van der Waals surface area contributed by atoms with Gasteiger partial charge in [-0.05, 0) is 30.6 Å². The van der Waals surface area contributed by atoms with Crippen LogP contribution in [0.2, 0.25) is 10.0 Å². The number of nitrogen functional groups attached to an aromatic ring is 1. The summed E-state index contributed by atoms with van der Waals surface area (Å²) in [6.45, 7) is 0.349. The van der Waals surface area contributed by atoms with E-state index in [1.54, 1.807) is 11.8 Å². The van der Waals surface area contributed by atoms with E-state index in [1.165, 1.54) is 12.1 Å². The van der Waals surface area contributed by atoms with Gasteiger partial charge in [0.05, 0.1) is 10.7 Å². The summed E-state index contributed by atoms with van der Waals surface area (Å²) in [5.74, 6) is 0.881. The number of thioether (sulfide) groups is 1. The molecule has 0 aromatic heterocycles. The fourth-order valence-electron chi connectivity index (χ4n) is 1.36. The Labute approximate surface area is 121 Å². The van der Waals surface area contributed by atoms with Crippen molar-refractivity contribution in [3.8, 4) is 0 Å². The molecule has 0 bridgehead atoms. The Bertz CT molecular complexity index is 498. The normalized spacial score (nSPS) is 11.7. The monoisotopic (exact) mass is 328 g/mol. The summed E-state index contributed by atoms with van der Waals surface area (Å²) < 4.78 is 26.5. The van der Waals surface area contributed by atoms with E-state index in [0.29, 0.717) is 11.6 Å². The van der Waals surface area contributed by atoms with Gasteiger partial charge in [-0.2, -0.15) is 11.8 Å². The number of benzene rings is 1. The van der Waals surface area contributed by atoms with Crippen molar-refractivity contribution in [2.24, 2.45) is 0 Å². The van der Waals surface area contributed by atoms with Gasteiger partial charge in [0.15, 0.2) is 0 Å². The maximum absolute atomic E-state index is 12.0. The molecule has 0 heterocycles. The molecule has 3 N–H and O–H groups in total. The van der Waals surface area contributed by atoms with Crippen molar-refractivity contribution in [1.29, 1.82) is 0 Å².